The van der Waals surface area contributed by atoms with E-state index in [1.165, 1.54) is 0 Å². The Balaban J connectivity index is 1.74. The Kier molecular flexibility index (Phi) is 4.57. The van der Waals surface area contributed by atoms with Crippen LogP contribution in [-0.2, 0) is 9.53 Å². The van der Waals surface area contributed by atoms with E-state index in [4.69, 9.17) is 4.74 Å². The molecular formula is C13H22N2O2. The molecule has 2 rings (SSSR count). The molecule has 4 heteroatoms. The SMILES string of the molecule is COC[C@H]1CCN(CC(=O)N2CC=CCC2)C1. The fourth-order valence-corrected chi connectivity index (χ4v) is 2.59. The summed E-state index contributed by atoms with van der Waals surface area (Å²) in [6.45, 7) is 5.09. The molecule has 2 aliphatic rings. The van der Waals surface area contributed by atoms with Crippen molar-refractivity contribution in [1.29, 1.82) is 0 Å². The fourth-order valence-electron chi connectivity index (χ4n) is 2.59. The highest BCUT2D eigenvalue weighted by atomic mass is 16.5. The second kappa shape index (κ2) is 6.17. The topological polar surface area (TPSA) is 32.8 Å². The second-order valence-corrected chi connectivity index (χ2v) is 4.94. The first-order chi connectivity index (χ1) is 8.29. The summed E-state index contributed by atoms with van der Waals surface area (Å²) in [5.41, 5.74) is 0. The molecular weight excluding hydrogens is 216 g/mol. The van der Waals surface area contributed by atoms with Crippen LogP contribution in [-0.4, -0.2) is 62.1 Å². The molecule has 0 N–H and O–H groups in total. The fraction of sp³-hybridized carbons (Fsp3) is 0.769. The van der Waals surface area contributed by atoms with Crippen molar-refractivity contribution in [2.45, 2.75) is 12.8 Å². The third kappa shape index (κ3) is 3.54. The summed E-state index contributed by atoms with van der Waals surface area (Å²) in [5, 5.41) is 0. The Morgan fingerprint density at radius 3 is 3.00 bits per heavy atom. The largest absolute Gasteiger partial charge is 0.384 e. The molecule has 4 nitrogen and oxygen atoms in total. The first-order valence-corrected chi connectivity index (χ1v) is 6.43. The van der Waals surface area contributed by atoms with Crippen LogP contribution in [0.1, 0.15) is 12.8 Å². The zero-order chi connectivity index (χ0) is 12.1. The highest BCUT2D eigenvalue weighted by Crippen LogP contribution is 2.16. The number of carbonyl (C=O) groups excluding carboxylic acids is 1. The summed E-state index contributed by atoms with van der Waals surface area (Å²) in [6.07, 6.45) is 6.38. The van der Waals surface area contributed by atoms with Gasteiger partial charge in [0.2, 0.25) is 5.91 Å². The molecule has 1 fully saturated rings. The molecule has 2 heterocycles. The molecule has 0 aliphatic carbocycles. The van der Waals surface area contributed by atoms with Crippen LogP contribution >= 0.6 is 0 Å². The maximum Gasteiger partial charge on any atom is 0.237 e. The van der Waals surface area contributed by atoms with Crippen molar-refractivity contribution < 1.29 is 9.53 Å². The van der Waals surface area contributed by atoms with Crippen LogP contribution in [0.3, 0.4) is 0 Å². The van der Waals surface area contributed by atoms with Crippen molar-refractivity contribution in [1.82, 2.24) is 9.80 Å². The van der Waals surface area contributed by atoms with Gasteiger partial charge in [0.25, 0.3) is 0 Å². The number of amides is 1. The molecule has 2 aliphatic heterocycles. The van der Waals surface area contributed by atoms with Crippen LogP contribution < -0.4 is 0 Å². The van der Waals surface area contributed by atoms with Gasteiger partial charge in [0.05, 0.1) is 13.2 Å². The summed E-state index contributed by atoms with van der Waals surface area (Å²) in [4.78, 5) is 16.2. The zero-order valence-corrected chi connectivity index (χ0v) is 10.6. The number of rotatable bonds is 4. The van der Waals surface area contributed by atoms with E-state index >= 15 is 0 Å². The second-order valence-electron chi connectivity index (χ2n) is 4.94. The molecule has 1 atom stereocenters. The molecule has 0 aromatic heterocycles. The first-order valence-electron chi connectivity index (χ1n) is 6.43. The highest BCUT2D eigenvalue weighted by molar-refractivity contribution is 5.78. The average molecular weight is 238 g/mol. The van der Waals surface area contributed by atoms with Crippen LogP contribution in [0.15, 0.2) is 12.2 Å². The molecule has 17 heavy (non-hydrogen) atoms. The Hall–Kier alpha value is -0.870. The van der Waals surface area contributed by atoms with Gasteiger partial charge in [-0.2, -0.15) is 0 Å². The van der Waals surface area contributed by atoms with E-state index in [1.54, 1.807) is 7.11 Å². The first kappa shape index (κ1) is 12.6. The van der Waals surface area contributed by atoms with Crippen LogP contribution in [0.5, 0.6) is 0 Å². The van der Waals surface area contributed by atoms with Crippen molar-refractivity contribution in [3.05, 3.63) is 12.2 Å². The molecule has 0 bridgehead atoms. The Morgan fingerprint density at radius 2 is 2.29 bits per heavy atom. The number of ether oxygens (including phenoxy) is 1. The number of nitrogens with zero attached hydrogens (tertiary/aromatic N) is 2. The van der Waals surface area contributed by atoms with Gasteiger partial charge in [-0.3, -0.25) is 9.69 Å². The van der Waals surface area contributed by atoms with Gasteiger partial charge >= 0.3 is 0 Å². The Morgan fingerprint density at radius 1 is 1.41 bits per heavy atom. The standard InChI is InChI=1S/C13H22N2O2/c1-17-11-12-5-8-14(9-12)10-13(16)15-6-3-2-4-7-15/h2-3,12H,4-11H2,1H3/t12-/m0/s1. The van der Waals surface area contributed by atoms with Gasteiger partial charge < -0.3 is 9.64 Å². The van der Waals surface area contributed by atoms with Crippen LogP contribution in [0, 0.1) is 5.92 Å². The molecule has 1 saturated heterocycles. The quantitative estimate of drug-likeness (QED) is 0.677. The van der Waals surface area contributed by atoms with Gasteiger partial charge in [0, 0.05) is 26.7 Å². The number of likely N-dealkylation sites (tertiary alicyclic amines) is 1. The van der Waals surface area contributed by atoms with Crippen LogP contribution in [0.25, 0.3) is 0 Å². The summed E-state index contributed by atoms with van der Waals surface area (Å²) in [7, 11) is 1.74. The van der Waals surface area contributed by atoms with E-state index in [0.29, 0.717) is 12.5 Å². The summed E-state index contributed by atoms with van der Waals surface area (Å²) < 4.78 is 5.16. The van der Waals surface area contributed by atoms with Crippen LogP contribution in [0.4, 0.5) is 0 Å². The predicted octanol–water partition coefficient (Wildman–Crippen LogP) is 0.743. The number of methoxy groups -OCH3 is 1. The summed E-state index contributed by atoms with van der Waals surface area (Å²) in [6, 6.07) is 0. The lowest BCUT2D eigenvalue weighted by Gasteiger charge is -2.26. The van der Waals surface area contributed by atoms with E-state index in [0.717, 1.165) is 45.6 Å². The molecule has 0 saturated carbocycles. The van der Waals surface area contributed by atoms with E-state index < -0.39 is 0 Å². The van der Waals surface area contributed by atoms with Crippen molar-refractivity contribution >= 4 is 5.91 Å². The van der Waals surface area contributed by atoms with Crippen molar-refractivity contribution in [2.75, 3.05) is 46.4 Å². The third-order valence-electron chi connectivity index (χ3n) is 3.54. The number of hydrogen-bond acceptors (Lipinski definition) is 3. The van der Waals surface area contributed by atoms with Gasteiger partial charge in [-0.15, -0.1) is 0 Å². The third-order valence-corrected chi connectivity index (χ3v) is 3.54. The van der Waals surface area contributed by atoms with Gasteiger partial charge in [-0.25, -0.2) is 0 Å². The maximum absolute atomic E-state index is 12.0. The lowest BCUT2D eigenvalue weighted by Crippen LogP contribution is -2.41. The van der Waals surface area contributed by atoms with E-state index in [9.17, 15) is 4.79 Å². The molecule has 96 valence electrons. The van der Waals surface area contributed by atoms with E-state index in [2.05, 4.69) is 17.1 Å². The van der Waals surface area contributed by atoms with Crippen LogP contribution in [0.2, 0.25) is 0 Å². The van der Waals surface area contributed by atoms with Crippen molar-refractivity contribution in [3.63, 3.8) is 0 Å². The van der Waals surface area contributed by atoms with Gasteiger partial charge in [-0.05, 0) is 25.3 Å². The van der Waals surface area contributed by atoms with Gasteiger partial charge in [0.15, 0.2) is 0 Å². The molecule has 1 amide bonds. The minimum Gasteiger partial charge on any atom is -0.384 e. The number of hydrogen-bond donors (Lipinski definition) is 0. The van der Waals surface area contributed by atoms with Crippen molar-refractivity contribution in [2.24, 2.45) is 5.92 Å². The van der Waals surface area contributed by atoms with E-state index in [1.807, 2.05) is 4.90 Å². The van der Waals surface area contributed by atoms with Gasteiger partial charge in [0.1, 0.15) is 0 Å². The summed E-state index contributed by atoms with van der Waals surface area (Å²) >= 11 is 0. The molecule has 0 radical (unpaired) electrons. The predicted molar refractivity (Wildman–Crippen MR) is 66.8 cm³/mol. The average Bonchev–Trinajstić information content (AvgIpc) is 2.78. The zero-order valence-electron chi connectivity index (χ0n) is 10.6. The Bertz CT molecular complexity index is 291. The smallest absolute Gasteiger partial charge is 0.237 e. The Labute approximate surface area is 103 Å². The lowest BCUT2D eigenvalue weighted by atomic mass is 10.1. The molecule has 0 spiro atoms. The van der Waals surface area contributed by atoms with Gasteiger partial charge in [-0.1, -0.05) is 12.2 Å². The minimum atomic E-state index is 0.271. The molecule has 0 unspecified atom stereocenters. The minimum absolute atomic E-state index is 0.271. The monoisotopic (exact) mass is 238 g/mol. The normalized spacial score (nSPS) is 25.5. The van der Waals surface area contributed by atoms with Crippen molar-refractivity contribution in [3.8, 4) is 0 Å². The molecule has 0 aromatic carbocycles. The molecule has 0 aromatic rings. The van der Waals surface area contributed by atoms with E-state index in [-0.39, 0.29) is 5.91 Å². The lowest BCUT2D eigenvalue weighted by molar-refractivity contribution is -0.131. The maximum atomic E-state index is 12.0. The summed E-state index contributed by atoms with van der Waals surface area (Å²) in [5.74, 6) is 0.876. The highest BCUT2D eigenvalue weighted by Gasteiger charge is 2.25. The number of carbonyl (C=O) groups is 1.